The highest BCUT2D eigenvalue weighted by atomic mass is 32.2. The Morgan fingerprint density at radius 2 is 2.71 bits per heavy atom. The molecule has 4 nitrogen and oxygen atoms in total. The summed E-state index contributed by atoms with van der Waals surface area (Å²) in [6.45, 7) is 3.04. The number of allylic oxidation sites excluding steroid dienone is 1. The quantitative estimate of drug-likeness (QED) is 0.395. The number of rotatable bonds is 5. The lowest BCUT2D eigenvalue weighted by molar-refractivity contribution is 0.143. The smallest absolute Gasteiger partial charge is 0.261 e. The molecule has 1 heterocycles. The van der Waals surface area contributed by atoms with Crippen LogP contribution in [0.1, 0.15) is 13.3 Å². The maximum absolute atomic E-state index is 10.5. The molecule has 0 saturated heterocycles. The van der Waals surface area contributed by atoms with Gasteiger partial charge in [0.25, 0.3) is 6.29 Å². The largest absolute Gasteiger partial charge is 0.490 e. The van der Waals surface area contributed by atoms with E-state index in [0.717, 1.165) is 12.2 Å². The predicted octanol–water partition coefficient (Wildman–Crippen LogP) is 1.48. The molecule has 0 aliphatic carbocycles. The number of oxime groups is 1. The van der Waals surface area contributed by atoms with Gasteiger partial charge in [0.1, 0.15) is 6.61 Å². The molecule has 0 fully saturated rings. The second-order valence-corrected chi connectivity index (χ2v) is 3.55. The first-order chi connectivity index (χ1) is 6.88. The van der Waals surface area contributed by atoms with Crippen LogP contribution in [0.25, 0.3) is 0 Å². The summed E-state index contributed by atoms with van der Waals surface area (Å²) < 4.78 is 5.23. The highest BCUT2D eigenvalue weighted by Crippen LogP contribution is 2.15. The van der Waals surface area contributed by atoms with Gasteiger partial charge in [-0.05, 0) is 6.42 Å². The fourth-order valence-electron chi connectivity index (χ4n) is 0.808. The summed E-state index contributed by atoms with van der Waals surface area (Å²) in [7, 11) is 0. The Morgan fingerprint density at radius 3 is 3.29 bits per heavy atom. The molecule has 0 atom stereocenters. The van der Waals surface area contributed by atoms with Crippen LogP contribution < -0.4 is 0 Å². The molecule has 0 saturated carbocycles. The average molecular weight is 214 g/mol. The Kier molecular flexibility index (Phi) is 5.14. The Bertz CT molecular complexity index is 250. The van der Waals surface area contributed by atoms with Gasteiger partial charge in [0, 0.05) is 11.2 Å². The van der Waals surface area contributed by atoms with Crippen LogP contribution in [0.4, 0.5) is 0 Å². The van der Waals surface area contributed by atoms with E-state index in [1.54, 1.807) is 23.5 Å². The van der Waals surface area contributed by atoms with E-state index in [1.807, 2.05) is 6.92 Å². The molecule has 77 valence electrons. The van der Waals surface area contributed by atoms with Crippen LogP contribution in [0.2, 0.25) is 0 Å². The molecular formula is C9H12NO3S. The standard InChI is InChI=1S/C9H12NO3S/c1-2-3-13-10-8(6-11)9-7-14-5-4-12-9/h7H,2-5H2,1H3/b10-8-. The Balaban J connectivity index is 2.55. The van der Waals surface area contributed by atoms with Gasteiger partial charge in [0.05, 0.1) is 6.61 Å². The summed E-state index contributed by atoms with van der Waals surface area (Å²) in [6, 6.07) is 0. The molecule has 0 aromatic rings. The minimum Gasteiger partial charge on any atom is -0.490 e. The number of carbonyl (C=O) groups excluding carboxylic acids is 1. The monoisotopic (exact) mass is 214 g/mol. The van der Waals surface area contributed by atoms with Crippen molar-refractivity contribution in [1.82, 2.24) is 0 Å². The highest BCUT2D eigenvalue weighted by molar-refractivity contribution is 8.02. The molecule has 5 heteroatoms. The maximum atomic E-state index is 10.5. The van der Waals surface area contributed by atoms with Gasteiger partial charge < -0.3 is 9.57 Å². The third kappa shape index (κ3) is 3.41. The van der Waals surface area contributed by atoms with Crippen molar-refractivity contribution in [3.05, 3.63) is 11.2 Å². The topological polar surface area (TPSA) is 47.9 Å². The average Bonchev–Trinajstić information content (AvgIpc) is 2.26. The number of thioether (sulfide) groups is 1. The molecular weight excluding hydrogens is 202 g/mol. The van der Waals surface area contributed by atoms with E-state index in [9.17, 15) is 4.79 Å². The van der Waals surface area contributed by atoms with Crippen molar-refractivity contribution in [1.29, 1.82) is 0 Å². The Morgan fingerprint density at radius 1 is 1.86 bits per heavy atom. The second kappa shape index (κ2) is 6.48. The van der Waals surface area contributed by atoms with Crippen LogP contribution in [0.5, 0.6) is 0 Å². The van der Waals surface area contributed by atoms with E-state index >= 15 is 0 Å². The highest BCUT2D eigenvalue weighted by Gasteiger charge is 2.13. The van der Waals surface area contributed by atoms with Crippen molar-refractivity contribution in [2.45, 2.75) is 13.3 Å². The summed E-state index contributed by atoms with van der Waals surface area (Å²) in [5.74, 6) is 1.35. The third-order valence-electron chi connectivity index (χ3n) is 1.43. The van der Waals surface area contributed by atoms with Crippen molar-refractivity contribution < 1.29 is 14.4 Å². The SMILES string of the molecule is CCCO/N=C(/[C]=O)C1=CSCCO1. The van der Waals surface area contributed by atoms with E-state index in [4.69, 9.17) is 9.57 Å². The number of nitrogens with zero attached hydrogens (tertiary/aromatic N) is 1. The zero-order chi connectivity index (χ0) is 10.2. The molecule has 1 rings (SSSR count). The van der Waals surface area contributed by atoms with Crippen molar-refractivity contribution in [3.63, 3.8) is 0 Å². The van der Waals surface area contributed by atoms with Crippen LogP contribution in [0.15, 0.2) is 16.3 Å². The van der Waals surface area contributed by atoms with E-state index in [1.165, 1.54) is 0 Å². The van der Waals surface area contributed by atoms with Crippen LogP contribution in [-0.4, -0.2) is 31.0 Å². The van der Waals surface area contributed by atoms with Gasteiger partial charge in [0.2, 0.25) is 0 Å². The van der Waals surface area contributed by atoms with Crippen LogP contribution in [-0.2, 0) is 14.4 Å². The molecule has 0 aromatic heterocycles. The first-order valence-electron chi connectivity index (χ1n) is 4.41. The van der Waals surface area contributed by atoms with Crippen LogP contribution in [0.3, 0.4) is 0 Å². The maximum Gasteiger partial charge on any atom is 0.261 e. The summed E-state index contributed by atoms with van der Waals surface area (Å²) in [5.41, 5.74) is 0.102. The third-order valence-corrected chi connectivity index (χ3v) is 2.21. The van der Waals surface area contributed by atoms with Gasteiger partial charge >= 0.3 is 0 Å². The van der Waals surface area contributed by atoms with E-state index in [0.29, 0.717) is 19.0 Å². The van der Waals surface area contributed by atoms with E-state index in [-0.39, 0.29) is 5.71 Å². The zero-order valence-electron chi connectivity index (χ0n) is 7.99. The molecule has 0 spiro atoms. The van der Waals surface area contributed by atoms with Crippen molar-refractivity contribution in [2.75, 3.05) is 19.0 Å². The molecule has 14 heavy (non-hydrogen) atoms. The number of hydrogen-bond acceptors (Lipinski definition) is 5. The minimum absolute atomic E-state index is 0.102. The van der Waals surface area contributed by atoms with E-state index < -0.39 is 0 Å². The van der Waals surface area contributed by atoms with Crippen molar-refractivity contribution >= 4 is 23.8 Å². The molecule has 1 radical (unpaired) electrons. The van der Waals surface area contributed by atoms with Gasteiger partial charge in [-0.1, -0.05) is 12.1 Å². The summed E-state index contributed by atoms with van der Waals surface area (Å²) in [4.78, 5) is 15.4. The minimum atomic E-state index is 0.102. The lowest BCUT2D eigenvalue weighted by Gasteiger charge is -2.12. The lowest BCUT2D eigenvalue weighted by Crippen LogP contribution is -2.13. The van der Waals surface area contributed by atoms with E-state index in [2.05, 4.69) is 5.16 Å². The number of hydrogen-bond donors (Lipinski definition) is 0. The van der Waals surface area contributed by atoms with Gasteiger partial charge in [-0.3, -0.25) is 4.79 Å². The van der Waals surface area contributed by atoms with Crippen LogP contribution >= 0.6 is 11.8 Å². The van der Waals surface area contributed by atoms with Gasteiger partial charge in [-0.25, -0.2) is 0 Å². The fraction of sp³-hybridized carbons (Fsp3) is 0.556. The van der Waals surface area contributed by atoms with Gasteiger partial charge in [0.15, 0.2) is 11.5 Å². The molecule has 0 amide bonds. The fourth-order valence-corrected chi connectivity index (χ4v) is 1.44. The summed E-state index contributed by atoms with van der Waals surface area (Å²) >= 11 is 1.58. The molecule has 0 N–H and O–H groups in total. The number of ether oxygens (including phenoxy) is 1. The summed E-state index contributed by atoms with van der Waals surface area (Å²) in [5, 5.41) is 5.39. The molecule has 0 unspecified atom stereocenters. The lowest BCUT2D eigenvalue weighted by atomic mass is 10.3. The van der Waals surface area contributed by atoms with Gasteiger partial charge in [-0.2, -0.15) is 0 Å². The first kappa shape index (κ1) is 11.1. The molecule has 0 aromatic carbocycles. The molecule has 1 aliphatic heterocycles. The Hall–Kier alpha value is -0.970. The second-order valence-electron chi connectivity index (χ2n) is 2.58. The first-order valence-corrected chi connectivity index (χ1v) is 5.46. The van der Waals surface area contributed by atoms with Crippen molar-refractivity contribution in [2.24, 2.45) is 5.16 Å². The zero-order valence-corrected chi connectivity index (χ0v) is 8.80. The summed E-state index contributed by atoms with van der Waals surface area (Å²) in [6.07, 6.45) is 2.55. The molecule has 1 aliphatic rings. The van der Waals surface area contributed by atoms with Crippen LogP contribution in [0, 0.1) is 0 Å². The van der Waals surface area contributed by atoms with Gasteiger partial charge in [-0.15, -0.1) is 11.8 Å². The predicted molar refractivity (Wildman–Crippen MR) is 55.9 cm³/mol. The normalized spacial score (nSPS) is 16.9. The Labute approximate surface area is 87.3 Å². The van der Waals surface area contributed by atoms with Crippen molar-refractivity contribution in [3.8, 4) is 0 Å². The molecule has 0 bridgehead atoms.